The average molecular weight is 219 g/mol. The molecule has 1 rings (SSSR count). The van der Waals surface area contributed by atoms with E-state index in [2.05, 4.69) is 15.9 Å². The molecule has 0 N–H and O–H groups in total. The van der Waals surface area contributed by atoms with Crippen molar-refractivity contribution in [3.63, 3.8) is 0 Å². The van der Waals surface area contributed by atoms with Crippen LogP contribution >= 0.6 is 15.9 Å². The number of benzene rings is 1. The van der Waals surface area contributed by atoms with Crippen LogP contribution in [0, 0.1) is 5.82 Å². The van der Waals surface area contributed by atoms with E-state index in [0.29, 0.717) is 16.8 Å². The SMILES string of the molecule is CCOc1cccc(Br)c1F. The summed E-state index contributed by atoms with van der Waals surface area (Å²) in [6, 6.07) is 4.97. The molecule has 0 aromatic heterocycles. The number of rotatable bonds is 2. The van der Waals surface area contributed by atoms with Crippen molar-refractivity contribution in [3.05, 3.63) is 28.5 Å². The van der Waals surface area contributed by atoms with Gasteiger partial charge in [-0.3, -0.25) is 0 Å². The Morgan fingerprint density at radius 3 is 2.91 bits per heavy atom. The van der Waals surface area contributed by atoms with Crippen molar-refractivity contribution in [1.29, 1.82) is 0 Å². The van der Waals surface area contributed by atoms with E-state index < -0.39 is 0 Å². The third kappa shape index (κ3) is 1.93. The maximum Gasteiger partial charge on any atom is 0.179 e. The second-order valence-corrected chi connectivity index (χ2v) is 2.84. The Labute approximate surface area is 73.3 Å². The summed E-state index contributed by atoms with van der Waals surface area (Å²) in [6.07, 6.45) is 0. The van der Waals surface area contributed by atoms with Crippen molar-refractivity contribution >= 4 is 15.9 Å². The van der Waals surface area contributed by atoms with Crippen LogP contribution in [0.25, 0.3) is 0 Å². The topological polar surface area (TPSA) is 9.23 Å². The minimum atomic E-state index is -0.339. The van der Waals surface area contributed by atoms with Crippen LogP contribution in [0.2, 0.25) is 0 Å². The van der Waals surface area contributed by atoms with Gasteiger partial charge >= 0.3 is 0 Å². The van der Waals surface area contributed by atoms with Crippen LogP contribution in [-0.4, -0.2) is 6.61 Å². The molecule has 0 saturated heterocycles. The molecule has 0 aliphatic carbocycles. The highest BCUT2D eigenvalue weighted by Crippen LogP contribution is 2.24. The van der Waals surface area contributed by atoms with Gasteiger partial charge in [0, 0.05) is 0 Å². The quantitative estimate of drug-likeness (QED) is 0.742. The van der Waals surface area contributed by atoms with Crippen LogP contribution in [0.5, 0.6) is 5.75 Å². The Balaban J connectivity index is 2.96. The van der Waals surface area contributed by atoms with E-state index in [1.54, 1.807) is 18.2 Å². The van der Waals surface area contributed by atoms with E-state index in [4.69, 9.17) is 4.74 Å². The Bertz CT molecular complexity index is 250. The Hall–Kier alpha value is -0.570. The number of hydrogen-bond acceptors (Lipinski definition) is 1. The highest BCUT2D eigenvalue weighted by atomic mass is 79.9. The highest BCUT2D eigenvalue weighted by molar-refractivity contribution is 9.10. The maximum atomic E-state index is 13.0. The van der Waals surface area contributed by atoms with Gasteiger partial charge in [-0.2, -0.15) is 0 Å². The molecule has 3 heteroatoms. The summed E-state index contributed by atoms with van der Waals surface area (Å²) in [5, 5.41) is 0. The van der Waals surface area contributed by atoms with Crippen LogP contribution in [0.1, 0.15) is 6.92 Å². The van der Waals surface area contributed by atoms with Crippen LogP contribution in [-0.2, 0) is 0 Å². The lowest BCUT2D eigenvalue weighted by atomic mass is 10.3. The summed E-state index contributed by atoms with van der Waals surface area (Å²) in [5.74, 6) is -0.0452. The maximum absolute atomic E-state index is 13.0. The summed E-state index contributed by atoms with van der Waals surface area (Å²) < 4.78 is 18.5. The third-order valence-electron chi connectivity index (χ3n) is 1.22. The minimum absolute atomic E-state index is 0.293. The monoisotopic (exact) mass is 218 g/mol. The molecular weight excluding hydrogens is 211 g/mol. The summed E-state index contributed by atoms with van der Waals surface area (Å²) in [7, 11) is 0. The lowest BCUT2D eigenvalue weighted by Gasteiger charge is -2.03. The number of hydrogen-bond donors (Lipinski definition) is 0. The summed E-state index contributed by atoms with van der Waals surface area (Å²) >= 11 is 3.06. The summed E-state index contributed by atoms with van der Waals surface area (Å²) in [5.41, 5.74) is 0. The first kappa shape index (κ1) is 8.53. The van der Waals surface area contributed by atoms with Crippen molar-refractivity contribution in [2.45, 2.75) is 6.92 Å². The number of halogens is 2. The zero-order chi connectivity index (χ0) is 8.27. The van der Waals surface area contributed by atoms with Gasteiger partial charge in [0.1, 0.15) is 0 Å². The van der Waals surface area contributed by atoms with Gasteiger partial charge in [-0.15, -0.1) is 0 Å². The molecule has 0 fully saturated rings. The molecular formula is C8H8BrFO. The first-order valence-corrected chi connectivity index (χ1v) is 4.11. The molecule has 1 aromatic carbocycles. The standard InChI is InChI=1S/C8H8BrFO/c1-2-11-7-5-3-4-6(9)8(7)10/h3-5H,2H2,1H3. The molecule has 0 aliphatic heterocycles. The molecule has 0 aliphatic rings. The second-order valence-electron chi connectivity index (χ2n) is 1.98. The minimum Gasteiger partial charge on any atom is -0.491 e. The average Bonchev–Trinajstić information content (AvgIpc) is 1.99. The molecule has 0 saturated carbocycles. The first-order chi connectivity index (χ1) is 5.25. The van der Waals surface area contributed by atoms with Crippen molar-refractivity contribution in [3.8, 4) is 5.75 Å². The van der Waals surface area contributed by atoms with Crippen LogP contribution in [0.15, 0.2) is 22.7 Å². The molecule has 1 aromatic rings. The van der Waals surface area contributed by atoms with E-state index in [1.165, 1.54) is 0 Å². The lowest BCUT2D eigenvalue weighted by Crippen LogP contribution is -1.94. The second kappa shape index (κ2) is 3.72. The molecule has 0 atom stereocenters. The fourth-order valence-electron chi connectivity index (χ4n) is 0.751. The van der Waals surface area contributed by atoms with E-state index in [9.17, 15) is 4.39 Å². The van der Waals surface area contributed by atoms with Crippen LogP contribution in [0.4, 0.5) is 4.39 Å². The molecule has 0 unspecified atom stereocenters. The fraction of sp³-hybridized carbons (Fsp3) is 0.250. The molecule has 0 radical (unpaired) electrons. The van der Waals surface area contributed by atoms with E-state index in [-0.39, 0.29) is 5.82 Å². The van der Waals surface area contributed by atoms with Gasteiger partial charge in [-0.05, 0) is 35.0 Å². The highest BCUT2D eigenvalue weighted by Gasteiger charge is 2.04. The molecule has 60 valence electrons. The van der Waals surface area contributed by atoms with Gasteiger partial charge in [-0.1, -0.05) is 6.07 Å². The molecule has 1 nitrogen and oxygen atoms in total. The van der Waals surface area contributed by atoms with E-state index in [0.717, 1.165) is 0 Å². The summed E-state index contributed by atoms with van der Waals surface area (Å²) in [6.45, 7) is 2.30. The fourth-order valence-corrected chi connectivity index (χ4v) is 1.10. The molecule has 0 spiro atoms. The van der Waals surface area contributed by atoms with Gasteiger partial charge in [-0.25, -0.2) is 4.39 Å². The van der Waals surface area contributed by atoms with Gasteiger partial charge < -0.3 is 4.74 Å². The predicted molar refractivity (Wildman–Crippen MR) is 45.3 cm³/mol. The zero-order valence-electron chi connectivity index (χ0n) is 6.10. The van der Waals surface area contributed by atoms with E-state index >= 15 is 0 Å². The molecule has 11 heavy (non-hydrogen) atoms. The van der Waals surface area contributed by atoms with E-state index in [1.807, 2.05) is 6.92 Å². The van der Waals surface area contributed by atoms with Crippen LogP contribution < -0.4 is 4.74 Å². The van der Waals surface area contributed by atoms with Gasteiger partial charge in [0.2, 0.25) is 0 Å². The largest absolute Gasteiger partial charge is 0.491 e. The first-order valence-electron chi connectivity index (χ1n) is 3.32. The van der Waals surface area contributed by atoms with Gasteiger partial charge in [0.25, 0.3) is 0 Å². The van der Waals surface area contributed by atoms with Crippen molar-refractivity contribution in [2.24, 2.45) is 0 Å². The molecule has 0 amide bonds. The smallest absolute Gasteiger partial charge is 0.179 e. The summed E-state index contributed by atoms with van der Waals surface area (Å²) in [4.78, 5) is 0. The van der Waals surface area contributed by atoms with Gasteiger partial charge in [0.15, 0.2) is 11.6 Å². The Morgan fingerprint density at radius 2 is 2.27 bits per heavy atom. The normalized spacial score (nSPS) is 9.73. The number of ether oxygens (including phenoxy) is 1. The third-order valence-corrected chi connectivity index (χ3v) is 1.83. The van der Waals surface area contributed by atoms with Gasteiger partial charge in [0.05, 0.1) is 11.1 Å². The Morgan fingerprint density at radius 1 is 1.55 bits per heavy atom. The molecule has 0 bridgehead atoms. The Kier molecular flexibility index (Phi) is 2.88. The lowest BCUT2D eigenvalue weighted by molar-refractivity contribution is 0.321. The predicted octanol–water partition coefficient (Wildman–Crippen LogP) is 2.99. The van der Waals surface area contributed by atoms with Crippen LogP contribution in [0.3, 0.4) is 0 Å². The van der Waals surface area contributed by atoms with Crippen molar-refractivity contribution in [2.75, 3.05) is 6.61 Å². The zero-order valence-corrected chi connectivity index (χ0v) is 7.69. The molecule has 0 heterocycles. The van der Waals surface area contributed by atoms with Crippen molar-refractivity contribution < 1.29 is 9.13 Å². The van der Waals surface area contributed by atoms with Crippen molar-refractivity contribution in [1.82, 2.24) is 0 Å².